The number of carbonyl (C=O) groups excluding carboxylic acids is 2. The number of halogens is 2. The third-order valence-electron chi connectivity index (χ3n) is 5.10. The summed E-state index contributed by atoms with van der Waals surface area (Å²) < 4.78 is 23.6. The number of allylic oxidation sites excluding steroid dienone is 1. The van der Waals surface area contributed by atoms with Gasteiger partial charge in [-0.05, 0) is 36.2 Å². The Morgan fingerprint density at radius 1 is 1.17 bits per heavy atom. The van der Waals surface area contributed by atoms with Gasteiger partial charge in [0, 0.05) is 30.2 Å². The fourth-order valence-electron chi connectivity index (χ4n) is 3.56. The Bertz CT molecular complexity index is 958. The number of carbonyl (C=O) groups is 2. The van der Waals surface area contributed by atoms with Gasteiger partial charge in [0.15, 0.2) is 0 Å². The molecule has 1 aliphatic heterocycles. The van der Waals surface area contributed by atoms with Gasteiger partial charge in [0.2, 0.25) is 5.91 Å². The molecule has 5 nitrogen and oxygen atoms in total. The molecule has 0 radical (unpaired) electrons. The van der Waals surface area contributed by atoms with E-state index >= 15 is 0 Å². The average molecular weight is 432 g/mol. The van der Waals surface area contributed by atoms with E-state index in [4.69, 9.17) is 21.1 Å². The molecule has 0 saturated heterocycles. The van der Waals surface area contributed by atoms with Crippen molar-refractivity contribution in [2.24, 2.45) is 0 Å². The summed E-state index contributed by atoms with van der Waals surface area (Å²) in [5, 5.41) is 0.484. The average Bonchev–Trinajstić information content (AvgIpc) is 2.72. The summed E-state index contributed by atoms with van der Waals surface area (Å²) >= 11 is 6.38. The van der Waals surface area contributed by atoms with Crippen LogP contribution in [0.25, 0.3) is 0 Å². The van der Waals surface area contributed by atoms with Crippen LogP contribution in [-0.4, -0.2) is 37.1 Å². The van der Waals surface area contributed by atoms with E-state index in [1.54, 1.807) is 31.2 Å². The number of amides is 1. The van der Waals surface area contributed by atoms with Gasteiger partial charge >= 0.3 is 5.97 Å². The number of hydrogen-bond acceptors (Lipinski definition) is 4. The molecule has 3 rings (SSSR count). The first kappa shape index (κ1) is 22.0. The predicted octanol–water partition coefficient (Wildman–Crippen LogP) is 4.46. The topological polar surface area (TPSA) is 55.8 Å². The second-order valence-electron chi connectivity index (χ2n) is 7.01. The summed E-state index contributed by atoms with van der Waals surface area (Å²) in [6.45, 7) is 2.33. The van der Waals surface area contributed by atoms with Crippen molar-refractivity contribution in [3.05, 3.63) is 81.8 Å². The predicted molar refractivity (Wildman–Crippen MR) is 111 cm³/mol. The molecule has 0 aromatic heterocycles. The van der Waals surface area contributed by atoms with Crippen LogP contribution in [-0.2, 0) is 25.6 Å². The minimum atomic E-state index is -0.509. The molecule has 0 aliphatic carbocycles. The normalized spacial score (nSPS) is 16.7. The molecule has 7 heteroatoms. The molecule has 0 fully saturated rings. The van der Waals surface area contributed by atoms with Crippen LogP contribution in [0.4, 0.5) is 4.39 Å². The van der Waals surface area contributed by atoms with Crippen LogP contribution in [0.5, 0.6) is 0 Å². The number of benzene rings is 2. The molecular weight excluding hydrogens is 409 g/mol. The summed E-state index contributed by atoms with van der Waals surface area (Å²) in [6.07, 6.45) is 0.0803. The first-order valence-corrected chi connectivity index (χ1v) is 9.96. The molecule has 0 spiro atoms. The summed E-state index contributed by atoms with van der Waals surface area (Å²) in [4.78, 5) is 27.5. The van der Waals surface area contributed by atoms with E-state index in [9.17, 15) is 14.0 Å². The number of esters is 1. The molecule has 1 amide bonds. The molecule has 0 saturated carbocycles. The lowest BCUT2D eigenvalue weighted by Crippen LogP contribution is -2.38. The Morgan fingerprint density at radius 3 is 2.53 bits per heavy atom. The Labute approximate surface area is 180 Å². The molecule has 2 aromatic carbocycles. The van der Waals surface area contributed by atoms with Crippen LogP contribution < -0.4 is 0 Å². The maximum Gasteiger partial charge on any atom is 0.336 e. The highest BCUT2D eigenvalue weighted by molar-refractivity contribution is 6.31. The van der Waals surface area contributed by atoms with E-state index in [2.05, 4.69) is 0 Å². The first-order chi connectivity index (χ1) is 14.4. The maximum absolute atomic E-state index is 13.2. The van der Waals surface area contributed by atoms with E-state index in [0.29, 0.717) is 21.9 Å². The van der Waals surface area contributed by atoms with Crippen LogP contribution in [0.1, 0.15) is 30.4 Å². The van der Waals surface area contributed by atoms with Crippen molar-refractivity contribution in [1.82, 2.24) is 4.90 Å². The standard InChI is InChI=1S/C23H23ClFNO4/c1-15-22(23(28)30-12-11-29-2)19(18-5-3-4-6-20(18)24)13-21(27)26(15)14-16-7-9-17(25)10-8-16/h3-10,19H,11-14H2,1-2H3. The SMILES string of the molecule is COCCOC(=O)C1=C(C)N(Cc2ccc(F)cc2)C(=O)CC1c1ccccc1Cl. The van der Waals surface area contributed by atoms with Crippen molar-refractivity contribution in [3.63, 3.8) is 0 Å². The zero-order valence-electron chi connectivity index (χ0n) is 16.9. The molecule has 0 bridgehead atoms. The van der Waals surface area contributed by atoms with Crippen LogP contribution in [0.15, 0.2) is 59.8 Å². The van der Waals surface area contributed by atoms with Crippen LogP contribution >= 0.6 is 11.6 Å². The number of rotatable bonds is 7. The Morgan fingerprint density at radius 2 is 1.87 bits per heavy atom. The number of methoxy groups -OCH3 is 1. The fourth-order valence-corrected chi connectivity index (χ4v) is 3.83. The van der Waals surface area contributed by atoms with Gasteiger partial charge in [-0.3, -0.25) is 4.79 Å². The van der Waals surface area contributed by atoms with Crippen molar-refractivity contribution < 1.29 is 23.5 Å². The van der Waals surface area contributed by atoms with Crippen molar-refractivity contribution in [3.8, 4) is 0 Å². The number of nitrogens with zero attached hydrogens (tertiary/aromatic N) is 1. The summed E-state index contributed by atoms with van der Waals surface area (Å²) in [5.41, 5.74) is 2.35. The number of ether oxygens (including phenoxy) is 2. The van der Waals surface area contributed by atoms with E-state index in [1.165, 1.54) is 24.1 Å². The molecule has 1 atom stereocenters. The first-order valence-electron chi connectivity index (χ1n) is 9.58. The highest BCUT2D eigenvalue weighted by Gasteiger charge is 2.37. The third kappa shape index (κ3) is 4.89. The van der Waals surface area contributed by atoms with Crippen molar-refractivity contribution in [2.45, 2.75) is 25.8 Å². The van der Waals surface area contributed by atoms with Gasteiger partial charge in [0.05, 0.1) is 18.7 Å². The van der Waals surface area contributed by atoms with Crippen molar-refractivity contribution in [2.75, 3.05) is 20.3 Å². The number of hydrogen-bond donors (Lipinski definition) is 0. The maximum atomic E-state index is 13.2. The fraction of sp³-hybridized carbons (Fsp3) is 0.304. The van der Waals surface area contributed by atoms with Gasteiger partial charge in [0.1, 0.15) is 12.4 Å². The van der Waals surface area contributed by atoms with E-state index < -0.39 is 11.9 Å². The van der Waals surface area contributed by atoms with E-state index in [1.807, 2.05) is 12.1 Å². The van der Waals surface area contributed by atoms with Crippen LogP contribution in [0.3, 0.4) is 0 Å². The molecule has 158 valence electrons. The Hall–Kier alpha value is -2.70. The lowest BCUT2D eigenvalue weighted by Gasteiger charge is -2.34. The molecular formula is C23H23ClFNO4. The van der Waals surface area contributed by atoms with Gasteiger partial charge in [-0.15, -0.1) is 0 Å². The minimum Gasteiger partial charge on any atom is -0.460 e. The second kappa shape index (κ2) is 9.87. The minimum absolute atomic E-state index is 0.0803. The largest absolute Gasteiger partial charge is 0.460 e. The van der Waals surface area contributed by atoms with Gasteiger partial charge in [0.25, 0.3) is 0 Å². The molecule has 2 aromatic rings. The Balaban J connectivity index is 1.99. The molecule has 1 aliphatic rings. The van der Waals surface area contributed by atoms with Gasteiger partial charge in [-0.2, -0.15) is 0 Å². The summed E-state index contributed by atoms with van der Waals surface area (Å²) in [7, 11) is 1.52. The zero-order chi connectivity index (χ0) is 21.7. The third-order valence-corrected chi connectivity index (χ3v) is 5.44. The van der Waals surface area contributed by atoms with E-state index in [0.717, 1.165) is 5.56 Å². The molecule has 1 heterocycles. The van der Waals surface area contributed by atoms with E-state index in [-0.39, 0.29) is 37.9 Å². The van der Waals surface area contributed by atoms with Gasteiger partial charge < -0.3 is 14.4 Å². The van der Waals surface area contributed by atoms with Crippen LogP contribution in [0, 0.1) is 5.82 Å². The highest BCUT2D eigenvalue weighted by atomic mass is 35.5. The van der Waals surface area contributed by atoms with Gasteiger partial charge in [-0.25, -0.2) is 9.18 Å². The lowest BCUT2D eigenvalue weighted by molar-refractivity contribution is -0.141. The monoisotopic (exact) mass is 431 g/mol. The Kier molecular flexibility index (Phi) is 7.24. The quantitative estimate of drug-likeness (QED) is 0.480. The zero-order valence-corrected chi connectivity index (χ0v) is 17.6. The molecule has 30 heavy (non-hydrogen) atoms. The highest BCUT2D eigenvalue weighted by Crippen LogP contribution is 2.40. The summed E-state index contributed by atoms with van der Waals surface area (Å²) in [6, 6.07) is 13.1. The second-order valence-corrected chi connectivity index (χ2v) is 7.42. The molecule has 0 N–H and O–H groups in total. The van der Waals surface area contributed by atoms with Crippen molar-refractivity contribution >= 4 is 23.5 Å². The van der Waals surface area contributed by atoms with Crippen LogP contribution in [0.2, 0.25) is 5.02 Å². The van der Waals surface area contributed by atoms with Crippen molar-refractivity contribution in [1.29, 1.82) is 0 Å². The van der Waals surface area contributed by atoms with Gasteiger partial charge in [-0.1, -0.05) is 41.9 Å². The summed E-state index contributed by atoms with van der Waals surface area (Å²) in [5.74, 6) is -1.51. The smallest absolute Gasteiger partial charge is 0.336 e. The lowest BCUT2D eigenvalue weighted by atomic mass is 9.83. The molecule has 1 unspecified atom stereocenters.